The lowest BCUT2D eigenvalue weighted by molar-refractivity contribution is 0.601. The number of aromatic amines is 1. The molecule has 21 heavy (non-hydrogen) atoms. The molecule has 2 aromatic rings. The number of hydrogen-bond donors (Lipinski definition) is 2. The summed E-state index contributed by atoms with van der Waals surface area (Å²) in [5, 5.41) is 6.55. The summed E-state index contributed by atoms with van der Waals surface area (Å²) >= 11 is 0. The summed E-state index contributed by atoms with van der Waals surface area (Å²) in [6.45, 7) is 6.19. The molecule has 0 aliphatic rings. The number of aromatic nitrogens is 2. The van der Waals surface area contributed by atoms with Gasteiger partial charge >= 0.3 is 0 Å². The predicted molar refractivity (Wildman–Crippen MR) is 83.9 cm³/mol. The summed E-state index contributed by atoms with van der Waals surface area (Å²) in [5.41, 5.74) is 1.99. The first-order valence-corrected chi connectivity index (χ1v) is 8.61. The first-order chi connectivity index (χ1) is 9.97. The average molecular weight is 307 g/mol. The van der Waals surface area contributed by atoms with E-state index in [0.29, 0.717) is 18.2 Å². The van der Waals surface area contributed by atoms with Gasteiger partial charge in [-0.2, -0.15) is 5.10 Å². The zero-order valence-corrected chi connectivity index (χ0v) is 13.4. The molecule has 0 saturated heterocycles. The van der Waals surface area contributed by atoms with Crippen molar-refractivity contribution < 1.29 is 8.42 Å². The molecule has 0 fully saturated rings. The van der Waals surface area contributed by atoms with Crippen molar-refractivity contribution >= 4 is 15.8 Å². The maximum atomic E-state index is 12.4. The number of benzene rings is 1. The Kier molecular flexibility index (Phi) is 4.67. The lowest BCUT2D eigenvalue weighted by Gasteiger charge is -2.11. The monoisotopic (exact) mass is 307 g/mol. The number of rotatable bonds is 6. The summed E-state index contributed by atoms with van der Waals surface area (Å²) < 4.78 is 27.3. The minimum Gasteiger partial charge on any atom is -0.264 e. The summed E-state index contributed by atoms with van der Waals surface area (Å²) in [6.07, 6.45) is 3.36. The SMILES string of the molecule is CCc1cn[nH]c1NS(=O)(=O)c1ccc(C(C)CC)cc1. The van der Waals surface area contributed by atoms with Crippen LogP contribution in [0.15, 0.2) is 35.4 Å². The molecular weight excluding hydrogens is 286 g/mol. The molecule has 1 heterocycles. The average Bonchev–Trinajstić information content (AvgIpc) is 2.93. The second kappa shape index (κ2) is 6.30. The van der Waals surface area contributed by atoms with Crippen molar-refractivity contribution in [2.24, 2.45) is 0 Å². The Morgan fingerprint density at radius 2 is 1.90 bits per heavy atom. The van der Waals surface area contributed by atoms with E-state index in [1.165, 1.54) is 0 Å². The van der Waals surface area contributed by atoms with Crippen LogP contribution in [0, 0.1) is 0 Å². The van der Waals surface area contributed by atoms with Gasteiger partial charge in [-0.25, -0.2) is 8.42 Å². The van der Waals surface area contributed by atoms with E-state index >= 15 is 0 Å². The maximum absolute atomic E-state index is 12.4. The van der Waals surface area contributed by atoms with Crippen LogP contribution in [0.4, 0.5) is 5.82 Å². The maximum Gasteiger partial charge on any atom is 0.263 e. The van der Waals surface area contributed by atoms with E-state index in [4.69, 9.17) is 0 Å². The molecule has 0 spiro atoms. The van der Waals surface area contributed by atoms with E-state index in [2.05, 4.69) is 28.8 Å². The van der Waals surface area contributed by atoms with Gasteiger partial charge in [0, 0.05) is 5.56 Å². The van der Waals surface area contributed by atoms with Crippen LogP contribution in [0.25, 0.3) is 0 Å². The van der Waals surface area contributed by atoms with Crippen molar-refractivity contribution in [3.8, 4) is 0 Å². The highest BCUT2D eigenvalue weighted by Crippen LogP contribution is 2.22. The fourth-order valence-electron chi connectivity index (χ4n) is 2.07. The highest BCUT2D eigenvalue weighted by Gasteiger charge is 2.17. The molecule has 0 amide bonds. The third-order valence-electron chi connectivity index (χ3n) is 3.71. The summed E-state index contributed by atoms with van der Waals surface area (Å²) in [5.74, 6) is 0.859. The van der Waals surface area contributed by atoms with Gasteiger partial charge in [-0.1, -0.05) is 32.9 Å². The van der Waals surface area contributed by atoms with Gasteiger partial charge in [0.15, 0.2) is 0 Å². The van der Waals surface area contributed by atoms with E-state index in [1.54, 1.807) is 18.3 Å². The Hall–Kier alpha value is -1.82. The summed E-state index contributed by atoms with van der Waals surface area (Å²) in [4.78, 5) is 0.256. The number of hydrogen-bond acceptors (Lipinski definition) is 3. The largest absolute Gasteiger partial charge is 0.264 e. The van der Waals surface area contributed by atoms with Crippen LogP contribution >= 0.6 is 0 Å². The van der Waals surface area contributed by atoms with Gasteiger partial charge in [-0.15, -0.1) is 0 Å². The number of H-pyrrole nitrogens is 1. The molecule has 0 aliphatic carbocycles. The number of nitrogens with zero attached hydrogens (tertiary/aromatic N) is 1. The zero-order chi connectivity index (χ0) is 15.5. The number of sulfonamides is 1. The van der Waals surface area contributed by atoms with Crippen LogP contribution in [0.3, 0.4) is 0 Å². The quantitative estimate of drug-likeness (QED) is 0.860. The van der Waals surface area contributed by atoms with Crippen LogP contribution in [0.1, 0.15) is 44.2 Å². The number of aryl methyl sites for hydroxylation is 1. The van der Waals surface area contributed by atoms with E-state index in [9.17, 15) is 8.42 Å². The molecule has 1 atom stereocenters. The lowest BCUT2D eigenvalue weighted by atomic mass is 9.99. The van der Waals surface area contributed by atoms with Crippen molar-refractivity contribution in [2.75, 3.05) is 4.72 Å². The molecule has 2 rings (SSSR count). The minimum atomic E-state index is -3.59. The Bertz CT molecular complexity index is 690. The van der Waals surface area contributed by atoms with Gasteiger partial charge in [0.2, 0.25) is 0 Å². The van der Waals surface area contributed by atoms with Gasteiger partial charge < -0.3 is 0 Å². The number of anilines is 1. The third-order valence-corrected chi connectivity index (χ3v) is 5.07. The first-order valence-electron chi connectivity index (χ1n) is 7.13. The van der Waals surface area contributed by atoms with Crippen LogP contribution < -0.4 is 4.72 Å². The zero-order valence-electron chi connectivity index (χ0n) is 12.6. The second-order valence-corrected chi connectivity index (χ2v) is 6.79. The lowest BCUT2D eigenvalue weighted by Crippen LogP contribution is -2.14. The molecule has 2 N–H and O–H groups in total. The van der Waals surface area contributed by atoms with Crippen molar-refractivity contribution in [3.05, 3.63) is 41.6 Å². The van der Waals surface area contributed by atoms with Gasteiger partial charge in [0.1, 0.15) is 5.82 Å². The Labute approximate surface area is 125 Å². The van der Waals surface area contributed by atoms with E-state index in [-0.39, 0.29) is 4.90 Å². The van der Waals surface area contributed by atoms with E-state index < -0.39 is 10.0 Å². The Morgan fingerprint density at radius 3 is 2.48 bits per heavy atom. The van der Waals surface area contributed by atoms with Crippen LogP contribution in [0.5, 0.6) is 0 Å². The molecule has 5 nitrogen and oxygen atoms in total. The van der Waals surface area contributed by atoms with E-state index in [0.717, 1.165) is 17.5 Å². The van der Waals surface area contributed by atoms with Crippen LogP contribution in [-0.4, -0.2) is 18.6 Å². The van der Waals surface area contributed by atoms with Gasteiger partial charge in [-0.3, -0.25) is 9.82 Å². The Morgan fingerprint density at radius 1 is 1.24 bits per heavy atom. The smallest absolute Gasteiger partial charge is 0.263 e. The molecule has 1 aromatic carbocycles. The normalized spacial score (nSPS) is 13.1. The third kappa shape index (κ3) is 3.44. The Balaban J connectivity index is 2.23. The number of nitrogens with one attached hydrogen (secondary N) is 2. The standard InChI is InChI=1S/C15H21N3O2S/c1-4-11(3)13-6-8-14(9-7-13)21(19,20)18-15-12(5-2)10-16-17-15/h6-11H,4-5H2,1-3H3,(H2,16,17,18). The second-order valence-electron chi connectivity index (χ2n) is 5.11. The molecule has 1 aromatic heterocycles. The predicted octanol–water partition coefficient (Wildman–Crippen LogP) is 3.29. The van der Waals surface area contributed by atoms with Crippen molar-refractivity contribution in [1.29, 1.82) is 0 Å². The summed E-state index contributed by atoms with van der Waals surface area (Å²) in [7, 11) is -3.59. The molecular formula is C15H21N3O2S. The van der Waals surface area contributed by atoms with Crippen LogP contribution in [-0.2, 0) is 16.4 Å². The highest BCUT2D eigenvalue weighted by molar-refractivity contribution is 7.92. The van der Waals surface area contributed by atoms with Gasteiger partial charge in [-0.05, 0) is 36.5 Å². The van der Waals surface area contributed by atoms with Gasteiger partial charge in [0.25, 0.3) is 10.0 Å². The molecule has 1 unspecified atom stereocenters. The topological polar surface area (TPSA) is 74.8 Å². The van der Waals surface area contributed by atoms with Crippen LogP contribution in [0.2, 0.25) is 0 Å². The van der Waals surface area contributed by atoms with Crippen molar-refractivity contribution in [2.45, 2.75) is 44.4 Å². The van der Waals surface area contributed by atoms with Crippen molar-refractivity contribution in [1.82, 2.24) is 10.2 Å². The summed E-state index contributed by atoms with van der Waals surface area (Å²) in [6, 6.07) is 7.03. The molecule has 114 valence electrons. The molecule has 0 radical (unpaired) electrons. The molecule has 0 aliphatic heterocycles. The fraction of sp³-hybridized carbons (Fsp3) is 0.400. The molecule has 6 heteroatoms. The highest BCUT2D eigenvalue weighted by atomic mass is 32.2. The van der Waals surface area contributed by atoms with E-state index in [1.807, 2.05) is 19.1 Å². The van der Waals surface area contributed by atoms with Crippen molar-refractivity contribution in [3.63, 3.8) is 0 Å². The molecule has 0 saturated carbocycles. The fourth-order valence-corrected chi connectivity index (χ4v) is 3.13. The first kappa shape index (κ1) is 15.6. The van der Waals surface area contributed by atoms with Gasteiger partial charge in [0.05, 0.1) is 11.1 Å². The minimum absolute atomic E-state index is 0.256. The molecule has 0 bridgehead atoms.